The highest BCUT2D eigenvalue weighted by Gasteiger charge is 2.33. The number of aryl methyl sites for hydroxylation is 1. The van der Waals surface area contributed by atoms with Crippen LogP contribution in [0.4, 0.5) is 0 Å². The predicted molar refractivity (Wildman–Crippen MR) is 85.7 cm³/mol. The number of hydrogen-bond donors (Lipinski definition) is 1. The number of rotatable bonds is 7. The van der Waals surface area contributed by atoms with Crippen LogP contribution in [0, 0.1) is 12.8 Å². The van der Waals surface area contributed by atoms with Crippen molar-refractivity contribution in [3.63, 3.8) is 0 Å². The van der Waals surface area contributed by atoms with Gasteiger partial charge in [-0.1, -0.05) is 13.3 Å². The van der Waals surface area contributed by atoms with Gasteiger partial charge in [0.2, 0.25) is 0 Å². The van der Waals surface area contributed by atoms with Crippen LogP contribution in [-0.2, 0) is 11.3 Å². The molecular formula is C16H28N4O2. The van der Waals surface area contributed by atoms with Gasteiger partial charge in [-0.05, 0) is 32.3 Å². The van der Waals surface area contributed by atoms with Crippen LogP contribution in [0.2, 0.25) is 0 Å². The van der Waals surface area contributed by atoms with Crippen LogP contribution in [0.25, 0.3) is 0 Å². The van der Waals surface area contributed by atoms with E-state index >= 15 is 0 Å². The van der Waals surface area contributed by atoms with E-state index < -0.39 is 0 Å². The molecule has 6 nitrogen and oxygen atoms in total. The molecule has 124 valence electrons. The van der Waals surface area contributed by atoms with Gasteiger partial charge >= 0.3 is 0 Å². The Bertz CT molecular complexity index is 500. The van der Waals surface area contributed by atoms with Gasteiger partial charge < -0.3 is 15.4 Å². The maximum absolute atomic E-state index is 12.8. The highest BCUT2D eigenvalue weighted by molar-refractivity contribution is 5.93. The van der Waals surface area contributed by atoms with Gasteiger partial charge in [0.15, 0.2) is 0 Å². The quantitative estimate of drug-likeness (QED) is 0.773. The number of ether oxygens (including phenoxy) is 1. The molecule has 0 aliphatic carbocycles. The molecular weight excluding hydrogens is 280 g/mol. The summed E-state index contributed by atoms with van der Waals surface area (Å²) in [5.74, 6) is 0.445. The largest absolute Gasteiger partial charge is 0.380 e. The van der Waals surface area contributed by atoms with Crippen molar-refractivity contribution in [1.82, 2.24) is 14.7 Å². The number of nitrogens with zero attached hydrogens (tertiary/aromatic N) is 3. The normalized spacial score (nSPS) is 21.5. The summed E-state index contributed by atoms with van der Waals surface area (Å²) < 4.78 is 7.12. The molecule has 2 N–H and O–H groups in total. The molecule has 2 heterocycles. The van der Waals surface area contributed by atoms with Gasteiger partial charge in [-0.25, -0.2) is 0 Å². The minimum atomic E-state index is 0.0335. The molecule has 1 aromatic heterocycles. The Morgan fingerprint density at radius 2 is 2.23 bits per heavy atom. The average molecular weight is 308 g/mol. The molecule has 22 heavy (non-hydrogen) atoms. The van der Waals surface area contributed by atoms with Crippen LogP contribution in [-0.4, -0.2) is 52.9 Å². The lowest BCUT2D eigenvalue weighted by atomic mass is 9.99. The fourth-order valence-electron chi connectivity index (χ4n) is 3.08. The van der Waals surface area contributed by atoms with E-state index in [1.165, 1.54) is 0 Å². The number of amides is 1. The van der Waals surface area contributed by atoms with E-state index in [0.717, 1.165) is 25.1 Å². The maximum atomic E-state index is 12.8. The van der Waals surface area contributed by atoms with Gasteiger partial charge in [0.05, 0.1) is 18.8 Å². The average Bonchev–Trinajstić information content (AvgIpc) is 3.03. The van der Waals surface area contributed by atoms with Crippen molar-refractivity contribution in [2.75, 3.05) is 26.3 Å². The molecule has 0 bridgehead atoms. The zero-order chi connectivity index (χ0) is 16.1. The fourth-order valence-corrected chi connectivity index (χ4v) is 3.08. The summed E-state index contributed by atoms with van der Waals surface area (Å²) in [6, 6.07) is 1.94. The van der Waals surface area contributed by atoms with Crippen molar-refractivity contribution in [2.24, 2.45) is 11.7 Å². The van der Waals surface area contributed by atoms with E-state index in [-0.39, 0.29) is 11.9 Å². The molecule has 0 saturated carbocycles. The zero-order valence-electron chi connectivity index (χ0n) is 13.9. The molecule has 1 aliphatic heterocycles. The molecule has 2 atom stereocenters. The molecule has 6 heteroatoms. The topological polar surface area (TPSA) is 73.4 Å². The van der Waals surface area contributed by atoms with Crippen molar-refractivity contribution < 1.29 is 9.53 Å². The van der Waals surface area contributed by atoms with Gasteiger partial charge in [-0.3, -0.25) is 9.48 Å². The van der Waals surface area contributed by atoms with E-state index in [0.29, 0.717) is 37.9 Å². The van der Waals surface area contributed by atoms with Gasteiger partial charge in [-0.15, -0.1) is 0 Å². The lowest BCUT2D eigenvalue weighted by Crippen LogP contribution is -2.33. The molecule has 0 aromatic carbocycles. The first-order valence-electron chi connectivity index (χ1n) is 8.23. The lowest BCUT2D eigenvalue weighted by molar-refractivity contribution is 0.0767. The smallest absolute Gasteiger partial charge is 0.272 e. The Morgan fingerprint density at radius 3 is 2.91 bits per heavy atom. The van der Waals surface area contributed by atoms with E-state index in [1.54, 1.807) is 4.68 Å². The Kier molecular flexibility index (Phi) is 5.97. The van der Waals surface area contributed by atoms with E-state index in [1.807, 2.05) is 24.8 Å². The molecule has 2 unspecified atom stereocenters. The van der Waals surface area contributed by atoms with Crippen molar-refractivity contribution >= 4 is 5.91 Å². The molecule has 0 spiro atoms. The highest BCUT2D eigenvalue weighted by atomic mass is 16.5. The first kappa shape index (κ1) is 17.0. The van der Waals surface area contributed by atoms with E-state index in [2.05, 4.69) is 12.0 Å². The number of hydrogen-bond acceptors (Lipinski definition) is 4. The molecule has 1 fully saturated rings. The van der Waals surface area contributed by atoms with Crippen LogP contribution >= 0.6 is 0 Å². The van der Waals surface area contributed by atoms with Crippen molar-refractivity contribution in [3.8, 4) is 0 Å². The monoisotopic (exact) mass is 308 g/mol. The lowest BCUT2D eigenvalue weighted by Gasteiger charge is -2.17. The molecule has 1 saturated heterocycles. The fraction of sp³-hybridized carbons (Fsp3) is 0.750. The molecule has 1 aromatic rings. The second-order valence-electron chi connectivity index (χ2n) is 6.01. The summed E-state index contributed by atoms with van der Waals surface area (Å²) in [6.45, 7) is 9.25. The summed E-state index contributed by atoms with van der Waals surface area (Å²) in [6.07, 6.45) is 2.18. The summed E-state index contributed by atoms with van der Waals surface area (Å²) in [5, 5.41) is 4.41. The SMILES string of the molecule is CCCC1CN(C(=O)c2cc(C)nn2CCOCC)CC1N. The van der Waals surface area contributed by atoms with Crippen LogP contribution < -0.4 is 5.73 Å². The van der Waals surface area contributed by atoms with Crippen molar-refractivity contribution in [3.05, 3.63) is 17.5 Å². The Labute approximate surface area is 132 Å². The van der Waals surface area contributed by atoms with Crippen LogP contribution in [0.1, 0.15) is 42.9 Å². The standard InChI is InChI=1S/C16H28N4O2/c1-4-6-13-10-19(11-14(13)17)16(21)15-9-12(3)18-20(15)7-8-22-5-2/h9,13-14H,4-8,10-11,17H2,1-3H3. The van der Waals surface area contributed by atoms with Gasteiger partial charge in [0.1, 0.15) is 5.69 Å². The summed E-state index contributed by atoms with van der Waals surface area (Å²) in [7, 11) is 0. The van der Waals surface area contributed by atoms with Gasteiger partial charge in [0.25, 0.3) is 5.91 Å². The van der Waals surface area contributed by atoms with Crippen LogP contribution in [0.5, 0.6) is 0 Å². The number of aromatic nitrogens is 2. The first-order chi connectivity index (χ1) is 10.6. The maximum Gasteiger partial charge on any atom is 0.272 e. The molecule has 0 radical (unpaired) electrons. The number of carbonyl (C=O) groups excluding carboxylic acids is 1. The van der Waals surface area contributed by atoms with Crippen molar-refractivity contribution in [1.29, 1.82) is 0 Å². The Hall–Kier alpha value is -1.40. The molecule has 1 aliphatic rings. The van der Waals surface area contributed by atoms with Crippen LogP contribution in [0.15, 0.2) is 6.07 Å². The number of carbonyl (C=O) groups is 1. The second-order valence-corrected chi connectivity index (χ2v) is 6.01. The van der Waals surface area contributed by atoms with Gasteiger partial charge in [0, 0.05) is 25.7 Å². The summed E-state index contributed by atoms with van der Waals surface area (Å²) >= 11 is 0. The number of nitrogens with two attached hydrogens (primary N) is 1. The third kappa shape index (κ3) is 3.87. The Morgan fingerprint density at radius 1 is 1.45 bits per heavy atom. The summed E-state index contributed by atoms with van der Waals surface area (Å²) in [4.78, 5) is 14.7. The zero-order valence-corrected chi connectivity index (χ0v) is 13.9. The van der Waals surface area contributed by atoms with Crippen LogP contribution in [0.3, 0.4) is 0 Å². The van der Waals surface area contributed by atoms with Crippen molar-refractivity contribution in [2.45, 2.75) is 46.2 Å². The predicted octanol–water partition coefficient (Wildman–Crippen LogP) is 1.43. The minimum Gasteiger partial charge on any atom is -0.380 e. The highest BCUT2D eigenvalue weighted by Crippen LogP contribution is 2.22. The van der Waals surface area contributed by atoms with Gasteiger partial charge in [-0.2, -0.15) is 5.10 Å². The van der Waals surface area contributed by atoms with E-state index in [9.17, 15) is 4.79 Å². The van der Waals surface area contributed by atoms with E-state index in [4.69, 9.17) is 10.5 Å². The third-order valence-electron chi connectivity index (χ3n) is 4.21. The first-order valence-corrected chi connectivity index (χ1v) is 8.23. The molecule has 2 rings (SSSR count). The number of likely N-dealkylation sites (tertiary alicyclic amines) is 1. The minimum absolute atomic E-state index is 0.0335. The second kappa shape index (κ2) is 7.74. The Balaban J connectivity index is 2.06. The summed E-state index contributed by atoms with van der Waals surface area (Å²) in [5.41, 5.74) is 7.67. The molecule has 1 amide bonds. The third-order valence-corrected chi connectivity index (χ3v) is 4.21.